The summed E-state index contributed by atoms with van der Waals surface area (Å²) in [6, 6.07) is 9.06. The quantitative estimate of drug-likeness (QED) is 0.563. The van der Waals surface area contributed by atoms with E-state index in [-0.39, 0.29) is 21.2 Å². The first-order valence-corrected chi connectivity index (χ1v) is 11.9. The number of hydrogen-bond acceptors (Lipinski definition) is 7. The van der Waals surface area contributed by atoms with Crippen LogP contribution in [0, 0.1) is 0 Å². The van der Waals surface area contributed by atoms with Crippen LogP contribution in [0.5, 0.6) is 5.75 Å². The molecule has 3 rings (SSSR count). The second-order valence-electron chi connectivity index (χ2n) is 6.01. The molecule has 0 spiro atoms. The van der Waals surface area contributed by atoms with E-state index in [1.165, 1.54) is 30.5 Å². The zero-order valence-electron chi connectivity index (χ0n) is 14.8. The number of nitrogens with zero attached hydrogens (tertiary/aromatic N) is 2. The zero-order valence-corrected chi connectivity index (χ0v) is 17.2. The van der Waals surface area contributed by atoms with Crippen molar-refractivity contribution in [1.82, 2.24) is 9.97 Å². The molecular formula is C18H15ClN2O5S2. The lowest BCUT2D eigenvalue weighted by molar-refractivity contribution is 0.493. The standard InChI is InChI=1S/C18H15ClN2O5S2/c1-27(22,23)15-9-13(8-14(19)10-15)17-16(26-28(2,24)25)5-7-21-18(17)12-4-3-6-20-11-12/h3-11H,1-2H3. The van der Waals surface area contributed by atoms with Crippen molar-refractivity contribution in [3.8, 4) is 28.1 Å². The van der Waals surface area contributed by atoms with Gasteiger partial charge in [-0.25, -0.2) is 8.42 Å². The Hall–Kier alpha value is -2.49. The van der Waals surface area contributed by atoms with Gasteiger partial charge in [-0.05, 0) is 35.9 Å². The van der Waals surface area contributed by atoms with Crippen molar-refractivity contribution >= 4 is 31.6 Å². The largest absolute Gasteiger partial charge is 0.382 e. The fourth-order valence-electron chi connectivity index (χ4n) is 2.60. The van der Waals surface area contributed by atoms with Gasteiger partial charge in [0.1, 0.15) is 0 Å². The van der Waals surface area contributed by atoms with E-state index in [0.29, 0.717) is 16.8 Å². The van der Waals surface area contributed by atoms with Crippen molar-refractivity contribution in [3.63, 3.8) is 0 Å². The van der Waals surface area contributed by atoms with Gasteiger partial charge >= 0.3 is 10.1 Å². The summed E-state index contributed by atoms with van der Waals surface area (Å²) in [6.45, 7) is 0. The maximum absolute atomic E-state index is 12.0. The van der Waals surface area contributed by atoms with Crippen LogP contribution >= 0.6 is 11.6 Å². The molecule has 2 heterocycles. The summed E-state index contributed by atoms with van der Waals surface area (Å²) >= 11 is 6.13. The van der Waals surface area contributed by atoms with E-state index in [1.54, 1.807) is 24.5 Å². The van der Waals surface area contributed by atoms with Gasteiger partial charge in [0, 0.05) is 41.5 Å². The Kier molecular flexibility index (Phi) is 5.42. The predicted octanol–water partition coefficient (Wildman–Crippen LogP) is 3.21. The van der Waals surface area contributed by atoms with Gasteiger partial charge in [-0.2, -0.15) is 8.42 Å². The molecule has 0 saturated heterocycles. The monoisotopic (exact) mass is 438 g/mol. The summed E-state index contributed by atoms with van der Waals surface area (Å²) in [7, 11) is -7.41. The molecule has 28 heavy (non-hydrogen) atoms. The average molecular weight is 439 g/mol. The molecule has 146 valence electrons. The highest BCUT2D eigenvalue weighted by Crippen LogP contribution is 2.40. The molecule has 0 aliphatic carbocycles. The van der Waals surface area contributed by atoms with E-state index >= 15 is 0 Å². The Morgan fingerprint density at radius 1 is 0.964 bits per heavy atom. The molecule has 0 N–H and O–H groups in total. The van der Waals surface area contributed by atoms with Gasteiger partial charge in [-0.15, -0.1) is 0 Å². The smallest absolute Gasteiger partial charge is 0.306 e. The third-order valence-electron chi connectivity index (χ3n) is 3.68. The number of aromatic nitrogens is 2. The molecule has 10 heteroatoms. The third-order valence-corrected chi connectivity index (χ3v) is 5.47. The normalized spacial score (nSPS) is 12.0. The summed E-state index contributed by atoms with van der Waals surface area (Å²) in [5.41, 5.74) is 1.60. The Balaban J connectivity index is 2.37. The van der Waals surface area contributed by atoms with Crippen LogP contribution in [0.25, 0.3) is 22.4 Å². The molecule has 3 aromatic rings. The lowest BCUT2D eigenvalue weighted by Gasteiger charge is -2.15. The minimum atomic E-state index is -3.85. The van der Waals surface area contributed by atoms with Crippen molar-refractivity contribution in [2.45, 2.75) is 4.90 Å². The summed E-state index contributed by atoms with van der Waals surface area (Å²) in [4.78, 5) is 8.37. The van der Waals surface area contributed by atoms with Crippen LogP contribution in [0.1, 0.15) is 0 Å². The molecule has 0 aliphatic heterocycles. The molecule has 0 aliphatic rings. The van der Waals surface area contributed by atoms with Crippen molar-refractivity contribution < 1.29 is 21.0 Å². The second-order valence-corrected chi connectivity index (χ2v) is 10.0. The lowest BCUT2D eigenvalue weighted by Crippen LogP contribution is -2.08. The van der Waals surface area contributed by atoms with Gasteiger partial charge in [0.15, 0.2) is 15.6 Å². The van der Waals surface area contributed by atoms with E-state index in [1.807, 2.05) is 0 Å². The van der Waals surface area contributed by atoms with Crippen LogP contribution in [-0.2, 0) is 20.0 Å². The van der Waals surface area contributed by atoms with E-state index in [2.05, 4.69) is 9.97 Å². The third kappa shape index (κ3) is 4.67. The van der Waals surface area contributed by atoms with E-state index in [9.17, 15) is 16.8 Å². The number of pyridine rings is 2. The van der Waals surface area contributed by atoms with Crippen molar-refractivity contribution in [2.75, 3.05) is 12.5 Å². The van der Waals surface area contributed by atoms with Gasteiger partial charge in [0.05, 0.1) is 22.4 Å². The highest BCUT2D eigenvalue weighted by molar-refractivity contribution is 7.90. The van der Waals surface area contributed by atoms with Crippen LogP contribution in [0.2, 0.25) is 5.02 Å². The molecule has 0 fully saturated rings. The fourth-order valence-corrected chi connectivity index (χ4v) is 4.05. The van der Waals surface area contributed by atoms with Crippen LogP contribution in [0.3, 0.4) is 0 Å². The van der Waals surface area contributed by atoms with Gasteiger partial charge in [0.2, 0.25) is 0 Å². The molecule has 0 unspecified atom stereocenters. The molecule has 1 aromatic carbocycles. The Morgan fingerprint density at radius 2 is 1.71 bits per heavy atom. The molecular weight excluding hydrogens is 424 g/mol. The van der Waals surface area contributed by atoms with E-state index < -0.39 is 20.0 Å². The number of hydrogen-bond donors (Lipinski definition) is 0. The average Bonchev–Trinajstić information content (AvgIpc) is 2.59. The van der Waals surface area contributed by atoms with Crippen molar-refractivity contribution in [2.24, 2.45) is 0 Å². The zero-order chi connectivity index (χ0) is 20.5. The number of rotatable bonds is 5. The van der Waals surface area contributed by atoms with Crippen LogP contribution in [0.4, 0.5) is 0 Å². The molecule has 0 saturated carbocycles. The van der Waals surface area contributed by atoms with Gasteiger partial charge in [-0.3, -0.25) is 9.97 Å². The van der Waals surface area contributed by atoms with Gasteiger partial charge in [0.25, 0.3) is 0 Å². The topological polar surface area (TPSA) is 103 Å². The molecule has 0 radical (unpaired) electrons. The highest BCUT2D eigenvalue weighted by atomic mass is 35.5. The van der Waals surface area contributed by atoms with E-state index in [0.717, 1.165) is 12.5 Å². The Bertz CT molecular complexity index is 1240. The van der Waals surface area contributed by atoms with Crippen LogP contribution in [0.15, 0.2) is 59.9 Å². The molecule has 0 amide bonds. The fraction of sp³-hybridized carbons (Fsp3) is 0.111. The predicted molar refractivity (Wildman–Crippen MR) is 106 cm³/mol. The molecule has 2 aromatic heterocycles. The summed E-state index contributed by atoms with van der Waals surface area (Å²) in [6.07, 6.45) is 6.51. The SMILES string of the molecule is CS(=O)(=O)Oc1ccnc(-c2cccnc2)c1-c1cc(Cl)cc(S(C)(=O)=O)c1. The summed E-state index contributed by atoms with van der Waals surface area (Å²) in [5.74, 6) is -0.00179. The maximum atomic E-state index is 12.0. The minimum Gasteiger partial charge on any atom is -0.382 e. The Morgan fingerprint density at radius 3 is 2.32 bits per heavy atom. The van der Waals surface area contributed by atoms with E-state index in [4.69, 9.17) is 15.8 Å². The summed E-state index contributed by atoms with van der Waals surface area (Å²) < 4.78 is 52.7. The first-order chi connectivity index (χ1) is 13.0. The van der Waals surface area contributed by atoms with Crippen molar-refractivity contribution in [3.05, 3.63) is 60.0 Å². The second kappa shape index (κ2) is 7.50. The van der Waals surface area contributed by atoms with Crippen LogP contribution in [-0.4, -0.2) is 39.3 Å². The molecule has 7 nitrogen and oxygen atoms in total. The van der Waals surface area contributed by atoms with Gasteiger partial charge < -0.3 is 4.18 Å². The molecule has 0 atom stereocenters. The number of halogens is 1. The highest BCUT2D eigenvalue weighted by Gasteiger charge is 2.20. The molecule has 0 bridgehead atoms. The van der Waals surface area contributed by atoms with Crippen molar-refractivity contribution in [1.29, 1.82) is 0 Å². The van der Waals surface area contributed by atoms with Crippen LogP contribution < -0.4 is 4.18 Å². The minimum absolute atomic E-state index is 0.00179. The first-order valence-electron chi connectivity index (χ1n) is 7.84. The lowest BCUT2D eigenvalue weighted by atomic mass is 9.99. The number of sulfone groups is 1. The summed E-state index contributed by atoms with van der Waals surface area (Å²) in [5, 5.41) is 0.171. The maximum Gasteiger partial charge on any atom is 0.306 e. The first kappa shape index (κ1) is 20.2. The Labute approximate surface area is 168 Å². The number of benzene rings is 1. The van der Waals surface area contributed by atoms with Gasteiger partial charge in [-0.1, -0.05) is 11.6 Å².